The summed E-state index contributed by atoms with van der Waals surface area (Å²) in [7, 11) is 0. The van der Waals surface area contributed by atoms with Gasteiger partial charge in [-0.1, -0.05) is 104 Å². The van der Waals surface area contributed by atoms with Crippen molar-refractivity contribution >= 4 is 47.2 Å². The Morgan fingerprint density at radius 3 is 1.47 bits per heavy atom. The first-order valence-corrected chi connectivity index (χ1v) is 18.2. The third-order valence-electron chi connectivity index (χ3n) is 8.15. The van der Waals surface area contributed by atoms with E-state index in [1.165, 1.54) is 0 Å². The van der Waals surface area contributed by atoms with Crippen LogP contribution >= 0.6 is 0 Å². The summed E-state index contributed by atoms with van der Waals surface area (Å²) in [4.78, 5) is 55.2. The van der Waals surface area contributed by atoms with E-state index in [0.717, 1.165) is 28.7 Å². The number of benzene rings is 4. The Hall–Kier alpha value is -5.54. The number of nitrogens with one attached hydrogen (secondary N) is 2. The molecule has 0 bridgehead atoms. The van der Waals surface area contributed by atoms with Crippen molar-refractivity contribution in [3.05, 3.63) is 131 Å². The maximum atomic E-state index is 13.3. The van der Waals surface area contributed by atoms with Gasteiger partial charge in [0.05, 0.1) is 37.6 Å². The van der Waals surface area contributed by atoms with Gasteiger partial charge in [0.2, 0.25) is 23.6 Å². The minimum atomic E-state index is -0.379. The lowest BCUT2D eigenvalue weighted by atomic mass is 10.1. The van der Waals surface area contributed by atoms with Crippen molar-refractivity contribution in [2.24, 2.45) is 0 Å². The van der Waals surface area contributed by atoms with Crippen molar-refractivity contribution in [3.8, 4) is 0 Å². The Balaban J connectivity index is 1.28. The molecule has 2 N–H and O–H groups in total. The van der Waals surface area contributed by atoms with E-state index < -0.39 is 0 Å². The molecule has 4 aromatic carbocycles. The first-order valence-electron chi connectivity index (χ1n) is 18.2. The number of anilines is 2. The van der Waals surface area contributed by atoms with Gasteiger partial charge in [0.25, 0.3) is 0 Å². The van der Waals surface area contributed by atoms with Crippen LogP contribution in [0, 0.1) is 0 Å². The monoisotopic (exact) mass is 716 g/mol. The van der Waals surface area contributed by atoms with Gasteiger partial charge in [0.1, 0.15) is 0 Å². The number of carbonyl (C=O) groups excluding carboxylic acids is 4. The van der Waals surface area contributed by atoms with Crippen LogP contribution in [-0.2, 0) is 36.8 Å². The molecule has 0 aromatic heterocycles. The summed E-state index contributed by atoms with van der Waals surface area (Å²) in [6, 6.07) is 34.0. The third kappa shape index (κ3) is 14.5. The van der Waals surface area contributed by atoms with Crippen LogP contribution in [0.15, 0.2) is 109 Å². The molecular weight excluding hydrogens is 665 g/mol. The molecule has 0 aliphatic carbocycles. The van der Waals surface area contributed by atoms with E-state index >= 15 is 0 Å². The molecule has 4 amide bonds. The van der Waals surface area contributed by atoms with Gasteiger partial charge in [0, 0.05) is 24.5 Å². The Morgan fingerprint density at radius 2 is 1.06 bits per heavy atom. The smallest absolute Gasteiger partial charge is 0.243 e. The highest BCUT2D eigenvalue weighted by Crippen LogP contribution is 2.17. The maximum Gasteiger partial charge on any atom is 0.243 e. The maximum absolute atomic E-state index is 13.3. The fourth-order valence-electron chi connectivity index (χ4n) is 5.83. The summed E-state index contributed by atoms with van der Waals surface area (Å²) < 4.78 is 6.04. The van der Waals surface area contributed by atoms with Crippen molar-refractivity contribution < 1.29 is 23.9 Å². The minimum absolute atomic E-state index is 0.00609. The second-order valence-electron chi connectivity index (χ2n) is 14.1. The average molecular weight is 717 g/mol. The van der Waals surface area contributed by atoms with Crippen molar-refractivity contribution in [3.63, 3.8) is 0 Å². The van der Waals surface area contributed by atoms with E-state index in [1.54, 1.807) is 9.80 Å². The highest BCUT2D eigenvalue weighted by Gasteiger charge is 2.23. The van der Waals surface area contributed by atoms with Crippen LogP contribution in [0.1, 0.15) is 63.3 Å². The molecule has 0 saturated heterocycles. The molecule has 4 rings (SSSR count). The molecule has 1 atom stereocenters. The molecule has 278 valence electrons. The molecule has 0 heterocycles. The van der Waals surface area contributed by atoms with Crippen LogP contribution in [0.2, 0.25) is 0 Å². The zero-order valence-electron chi connectivity index (χ0n) is 31.5. The van der Waals surface area contributed by atoms with Crippen LogP contribution in [0.4, 0.5) is 11.4 Å². The molecule has 0 fully saturated rings. The largest absolute Gasteiger partial charge is 0.371 e. The first kappa shape index (κ1) is 40.2. The van der Waals surface area contributed by atoms with Gasteiger partial charge in [-0.2, -0.15) is 0 Å². The fraction of sp³-hybridized carbons (Fsp3) is 0.318. The van der Waals surface area contributed by atoms with Crippen molar-refractivity contribution in [2.45, 2.75) is 65.6 Å². The van der Waals surface area contributed by atoms with Gasteiger partial charge >= 0.3 is 0 Å². The predicted molar refractivity (Wildman–Crippen MR) is 213 cm³/mol. The normalized spacial score (nSPS) is 11.9. The van der Waals surface area contributed by atoms with E-state index in [0.29, 0.717) is 24.5 Å². The zero-order valence-corrected chi connectivity index (χ0v) is 31.5. The molecule has 9 heteroatoms. The number of nitrogens with zero attached hydrogens (tertiary/aromatic N) is 2. The van der Waals surface area contributed by atoms with E-state index in [1.807, 2.05) is 156 Å². The molecule has 9 nitrogen and oxygen atoms in total. The van der Waals surface area contributed by atoms with Crippen molar-refractivity contribution in [1.82, 2.24) is 9.80 Å². The topological polar surface area (TPSA) is 108 Å². The predicted octanol–water partition coefficient (Wildman–Crippen LogP) is 7.49. The minimum Gasteiger partial charge on any atom is -0.371 e. The van der Waals surface area contributed by atoms with Gasteiger partial charge in [-0.05, 0) is 80.6 Å². The van der Waals surface area contributed by atoms with Crippen molar-refractivity contribution in [1.29, 1.82) is 0 Å². The Bertz CT molecular complexity index is 1800. The second-order valence-corrected chi connectivity index (χ2v) is 14.1. The summed E-state index contributed by atoms with van der Waals surface area (Å²) in [6.45, 7) is 10.5. The molecule has 0 unspecified atom stereocenters. The van der Waals surface area contributed by atoms with E-state index in [9.17, 15) is 19.2 Å². The summed E-state index contributed by atoms with van der Waals surface area (Å²) in [5, 5.41) is 5.82. The molecular formula is C44H52N4O5. The standard InChI is InChI=1S/C44H52N4O5/c1-6-27-47(42(51)28-36-13-9-7-10-14-36)31-40(49)45-38-23-19-34(20-24-38)17-18-35-21-25-39(26-22-35)46-41(50)32-48(30-33(2)53-44(3,4)5)43(52)29-37-15-11-8-12-16-37/h7-26,33H,6,27-32H2,1-5H3,(H,45,49)(H,46,50)/b18-17+/t33-/m1/s1. The Labute approximate surface area is 314 Å². The number of carbonyl (C=O) groups is 4. The number of hydrogen-bond donors (Lipinski definition) is 2. The molecule has 0 spiro atoms. The van der Waals surface area contributed by atoms with Crippen LogP contribution < -0.4 is 10.6 Å². The SMILES string of the molecule is CCCN(CC(=O)Nc1ccc(/C=C/c2ccc(NC(=O)CN(C[C@@H](C)OC(C)(C)C)C(=O)Cc3ccccc3)cc2)cc1)C(=O)Cc1ccccc1. The lowest BCUT2D eigenvalue weighted by molar-refractivity contribution is -0.138. The lowest BCUT2D eigenvalue weighted by Crippen LogP contribution is -2.44. The van der Waals surface area contributed by atoms with E-state index in [-0.39, 0.29) is 61.3 Å². The molecule has 4 aromatic rings. The summed E-state index contributed by atoms with van der Waals surface area (Å²) >= 11 is 0. The third-order valence-corrected chi connectivity index (χ3v) is 8.15. The second kappa shape index (κ2) is 19.9. The van der Waals surface area contributed by atoms with Crippen LogP contribution in [0.3, 0.4) is 0 Å². The fourth-order valence-corrected chi connectivity index (χ4v) is 5.83. The molecule has 0 aliphatic heterocycles. The summed E-state index contributed by atoms with van der Waals surface area (Å²) in [5.74, 6) is -0.752. The number of hydrogen-bond acceptors (Lipinski definition) is 5. The van der Waals surface area contributed by atoms with Crippen LogP contribution in [-0.4, -0.2) is 71.3 Å². The average Bonchev–Trinajstić information content (AvgIpc) is 3.11. The van der Waals surface area contributed by atoms with Gasteiger partial charge < -0.3 is 25.2 Å². The molecule has 0 radical (unpaired) electrons. The quantitative estimate of drug-likeness (QED) is 0.110. The zero-order chi connectivity index (χ0) is 38.2. The van der Waals surface area contributed by atoms with Crippen LogP contribution in [0.25, 0.3) is 12.2 Å². The van der Waals surface area contributed by atoms with Gasteiger partial charge in [-0.25, -0.2) is 0 Å². The highest BCUT2D eigenvalue weighted by molar-refractivity contribution is 5.96. The summed E-state index contributed by atoms with van der Waals surface area (Å²) in [5.41, 5.74) is 4.58. The Morgan fingerprint density at radius 1 is 0.642 bits per heavy atom. The van der Waals surface area contributed by atoms with E-state index in [4.69, 9.17) is 4.74 Å². The number of rotatable bonds is 17. The number of ether oxygens (including phenoxy) is 1. The van der Waals surface area contributed by atoms with Crippen molar-refractivity contribution in [2.75, 3.05) is 36.8 Å². The van der Waals surface area contributed by atoms with Gasteiger partial charge in [-0.15, -0.1) is 0 Å². The summed E-state index contributed by atoms with van der Waals surface area (Å²) in [6.07, 6.45) is 4.88. The Kier molecular flexibility index (Phi) is 15.1. The van der Waals surface area contributed by atoms with Crippen LogP contribution in [0.5, 0.6) is 0 Å². The molecule has 53 heavy (non-hydrogen) atoms. The lowest BCUT2D eigenvalue weighted by Gasteiger charge is -2.30. The molecule has 0 saturated carbocycles. The van der Waals surface area contributed by atoms with E-state index in [2.05, 4.69) is 10.6 Å². The first-order chi connectivity index (χ1) is 25.4. The van der Waals surface area contributed by atoms with Gasteiger partial charge in [0.15, 0.2) is 0 Å². The molecule has 0 aliphatic rings. The number of amides is 4. The van der Waals surface area contributed by atoms with Gasteiger partial charge in [-0.3, -0.25) is 19.2 Å². The highest BCUT2D eigenvalue weighted by atomic mass is 16.5.